The van der Waals surface area contributed by atoms with Crippen molar-refractivity contribution in [1.29, 1.82) is 0 Å². The van der Waals surface area contributed by atoms with E-state index in [1.807, 2.05) is 0 Å². The average molecular weight is 238 g/mol. The Balaban J connectivity index is 2.21. The van der Waals surface area contributed by atoms with Crippen LogP contribution in [0.1, 0.15) is 28.3 Å². The second-order valence-electron chi connectivity index (χ2n) is 4.51. The summed E-state index contributed by atoms with van der Waals surface area (Å²) in [5.41, 5.74) is -0.251. The molecule has 0 amide bonds. The Morgan fingerprint density at radius 2 is 2.24 bits per heavy atom. The van der Waals surface area contributed by atoms with Gasteiger partial charge in [0.05, 0.1) is 17.3 Å². The molecule has 1 aliphatic heterocycles. The number of aromatic carboxylic acids is 1. The van der Waals surface area contributed by atoms with Crippen LogP contribution in [0.3, 0.4) is 0 Å². The van der Waals surface area contributed by atoms with Gasteiger partial charge in [-0.2, -0.15) is 0 Å². The number of carboxylic acids is 1. The second kappa shape index (κ2) is 2.99. The van der Waals surface area contributed by atoms with Gasteiger partial charge >= 0.3 is 6.75 Å². The van der Waals surface area contributed by atoms with Gasteiger partial charge in [-0.25, -0.2) is 4.39 Å². The van der Waals surface area contributed by atoms with Crippen LogP contribution in [0, 0.1) is 5.82 Å². The lowest BCUT2D eigenvalue weighted by Gasteiger charge is -2.37. The fourth-order valence-electron chi connectivity index (χ4n) is 2.50. The van der Waals surface area contributed by atoms with Crippen molar-refractivity contribution >= 4 is 12.7 Å². The van der Waals surface area contributed by atoms with E-state index in [2.05, 4.69) is 0 Å². The Hall–Kier alpha value is -1.60. The topological polar surface area (TPSA) is 89.8 Å². The van der Waals surface area contributed by atoms with E-state index < -0.39 is 29.9 Å². The summed E-state index contributed by atoms with van der Waals surface area (Å²) in [5.74, 6) is -3.65. The van der Waals surface area contributed by atoms with Gasteiger partial charge in [-0.3, -0.25) is 0 Å². The van der Waals surface area contributed by atoms with E-state index in [-0.39, 0.29) is 11.7 Å². The molecule has 2 N–H and O–H groups in total. The van der Waals surface area contributed by atoms with Crippen molar-refractivity contribution in [1.82, 2.24) is 0 Å². The maximum absolute atomic E-state index is 13.4. The molecule has 7 heteroatoms. The van der Waals surface area contributed by atoms with Crippen LogP contribution in [0.4, 0.5) is 4.39 Å². The van der Waals surface area contributed by atoms with Crippen molar-refractivity contribution in [2.24, 2.45) is 0 Å². The summed E-state index contributed by atoms with van der Waals surface area (Å²) in [6, 6.07) is 2.44. The minimum Gasteiger partial charge on any atom is -0.669 e. The van der Waals surface area contributed by atoms with E-state index >= 15 is 0 Å². The zero-order valence-corrected chi connectivity index (χ0v) is 8.59. The van der Waals surface area contributed by atoms with Gasteiger partial charge in [0.2, 0.25) is 0 Å². The first kappa shape index (κ1) is 10.6. The van der Waals surface area contributed by atoms with E-state index in [1.54, 1.807) is 0 Å². The lowest BCUT2D eigenvalue weighted by molar-refractivity contribution is -0.255. The van der Waals surface area contributed by atoms with E-state index in [0.717, 1.165) is 6.07 Å². The van der Waals surface area contributed by atoms with Crippen molar-refractivity contribution < 1.29 is 29.0 Å². The molecule has 1 heterocycles. The van der Waals surface area contributed by atoms with Crippen LogP contribution in [0.15, 0.2) is 12.1 Å². The highest BCUT2D eigenvalue weighted by atomic mass is 19.1. The number of carbonyl (C=O) groups is 1. The van der Waals surface area contributed by atoms with E-state index in [0.29, 0.717) is 12.0 Å². The van der Waals surface area contributed by atoms with Gasteiger partial charge in [0.1, 0.15) is 5.82 Å². The molecule has 1 saturated carbocycles. The summed E-state index contributed by atoms with van der Waals surface area (Å²) < 4.78 is 18.2. The molecule has 1 aliphatic carbocycles. The van der Waals surface area contributed by atoms with E-state index in [1.165, 1.54) is 6.07 Å². The van der Waals surface area contributed by atoms with E-state index in [4.69, 9.17) is 4.65 Å². The predicted octanol–water partition coefficient (Wildman–Crippen LogP) is -0.637. The fraction of sp³-hybridized carbons (Fsp3) is 0.300. The summed E-state index contributed by atoms with van der Waals surface area (Å²) in [7, 11) is 0. The van der Waals surface area contributed by atoms with Crippen LogP contribution in [-0.2, 0) is 0 Å². The number of carbonyl (C=O) groups excluding carboxylic acids is 1. The number of rotatable bonds is 1. The van der Waals surface area contributed by atoms with Gasteiger partial charge in [0.25, 0.3) is 0 Å². The highest BCUT2D eigenvalue weighted by Gasteiger charge is 2.55. The first-order chi connectivity index (χ1) is 7.92. The van der Waals surface area contributed by atoms with Gasteiger partial charge in [0.15, 0.2) is 0 Å². The third-order valence-corrected chi connectivity index (χ3v) is 3.43. The van der Waals surface area contributed by atoms with Crippen molar-refractivity contribution in [3.8, 4) is 5.75 Å². The third kappa shape index (κ3) is 1.36. The van der Waals surface area contributed by atoms with Crippen LogP contribution in [0.25, 0.3) is 0 Å². The zero-order valence-electron chi connectivity index (χ0n) is 8.59. The maximum atomic E-state index is 13.4. The molecule has 1 aromatic rings. The van der Waals surface area contributed by atoms with Crippen molar-refractivity contribution in [3.63, 3.8) is 0 Å². The number of hydrogen-bond donors (Lipinski definition) is 2. The standard InChI is InChI=1S/C10H9BFO5/c12-7-2-1-4-5-3-6(5)11(15,16)17-9(4)8(7)10(13)14/h1-2,5-6,15-16H,3H2,(H,13,14)/q-1/p-1/t5-,6-/m1/s1. The number of hydrogen-bond acceptors (Lipinski definition) is 5. The molecule has 0 aromatic heterocycles. The molecule has 0 spiro atoms. The Labute approximate surface area is 95.5 Å². The highest BCUT2D eigenvalue weighted by molar-refractivity contribution is 6.62. The summed E-state index contributed by atoms with van der Waals surface area (Å²) in [5, 5.41) is 30.0. The zero-order chi connectivity index (χ0) is 12.4. The van der Waals surface area contributed by atoms with Gasteiger partial charge < -0.3 is 24.6 Å². The molecule has 5 nitrogen and oxygen atoms in total. The molecule has 3 rings (SSSR count). The maximum Gasteiger partial charge on any atom is 0.434 e. The largest absolute Gasteiger partial charge is 0.669 e. The second-order valence-corrected chi connectivity index (χ2v) is 4.51. The van der Waals surface area contributed by atoms with Crippen molar-refractivity contribution in [2.75, 3.05) is 0 Å². The van der Waals surface area contributed by atoms with Crippen molar-refractivity contribution in [3.05, 3.63) is 29.1 Å². The lowest BCUT2D eigenvalue weighted by atomic mass is 9.68. The molecule has 90 valence electrons. The molecule has 1 fully saturated rings. The minimum absolute atomic E-state index is 0.174. The molecular weight excluding hydrogens is 230 g/mol. The molecule has 0 unspecified atom stereocenters. The van der Waals surface area contributed by atoms with Crippen molar-refractivity contribution in [2.45, 2.75) is 18.2 Å². The predicted molar refractivity (Wildman–Crippen MR) is 52.7 cm³/mol. The summed E-state index contributed by atoms with van der Waals surface area (Å²) >= 11 is 0. The third-order valence-electron chi connectivity index (χ3n) is 3.43. The first-order valence-corrected chi connectivity index (χ1v) is 5.24. The highest BCUT2D eigenvalue weighted by Crippen LogP contribution is 2.62. The van der Waals surface area contributed by atoms with Crippen LogP contribution >= 0.6 is 0 Å². The minimum atomic E-state index is -3.11. The molecule has 0 radical (unpaired) electrons. The fourth-order valence-corrected chi connectivity index (χ4v) is 2.50. The van der Waals surface area contributed by atoms with Gasteiger partial charge in [-0.05, 0) is 17.5 Å². The summed E-state index contributed by atoms with van der Waals surface area (Å²) in [6.45, 7) is -3.11. The van der Waals surface area contributed by atoms with Gasteiger partial charge in [0, 0.05) is 0 Å². The first-order valence-electron chi connectivity index (χ1n) is 5.24. The number of carboxylic acid groups (broad SMARTS) is 1. The Kier molecular flexibility index (Phi) is 1.86. The Morgan fingerprint density at radius 3 is 2.88 bits per heavy atom. The van der Waals surface area contributed by atoms with Crippen LogP contribution in [-0.4, -0.2) is 22.8 Å². The van der Waals surface area contributed by atoms with E-state index in [9.17, 15) is 24.3 Å². The normalized spacial score (nSPS) is 27.7. The Morgan fingerprint density at radius 1 is 1.53 bits per heavy atom. The van der Waals surface area contributed by atoms with Gasteiger partial charge in [-0.15, -0.1) is 0 Å². The monoisotopic (exact) mass is 238 g/mol. The molecule has 0 saturated heterocycles. The smallest absolute Gasteiger partial charge is 0.434 e. The molecule has 1 aromatic carbocycles. The molecule has 2 aliphatic rings. The van der Waals surface area contributed by atoms with Crippen LogP contribution in [0.2, 0.25) is 5.82 Å². The molecular formula is C10H8BFO5-2. The van der Waals surface area contributed by atoms with Crippen LogP contribution in [0.5, 0.6) is 5.75 Å². The average Bonchev–Trinajstić information content (AvgIpc) is 2.96. The number of benzene rings is 1. The lowest BCUT2D eigenvalue weighted by Crippen LogP contribution is -2.46. The SMILES string of the molecule is O=C([O-])c1c(F)ccc2c1O[B-](O)(O)[C@@H]1C[C@H]21. The molecule has 17 heavy (non-hydrogen) atoms. The quantitative estimate of drug-likeness (QED) is 0.635. The summed E-state index contributed by atoms with van der Waals surface area (Å²) in [6.07, 6.45) is 0.498. The number of halogens is 1. The summed E-state index contributed by atoms with van der Waals surface area (Å²) in [4.78, 5) is 10.8. The number of fused-ring (bicyclic) bond motifs is 3. The van der Waals surface area contributed by atoms with Crippen LogP contribution < -0.4 is 9.76 Å². The Bertz CT molecular complexity index is 530. The molecule has 0 bridgehead atoms. The molecule has 2 atom stereocenters. The van der Waals surface area contributed by atoms with Gasteiger partial charge in [-0.1, -0.05) is 18.3 Å².